The highest BCUT2D eigenvalue weighted by atomic mass is 16.5. The molecular weight excluding hydrogens is 242 g/mol. The zero-order valence-electron chi connectivity index (χ0n) is 10.9. The summed E-state index contributed by atoms with van der Waals surface area (Å²) in [6.07, 6.45) is 7.29. The van der Waals surface area contributed by atoms with Gasteiger partial charge >= 0.3 is 0 Å². The van der Waals surface area contributed by atoms with Crippen molar-refractivity contribution in [3.63, 3.8) is 0 Å². The summed E-state index contributed by atoms with van der Waals surface area (Å²) in [5.74, 6) is -0.230. The number of carbonyl (C=O) groups is 1. The molecule has 0 unspecified atom stereocenters. The van der Waals surface area contributed by atoms with Crippen molar-refractivity contribution in [1.29, 1.82) is 5.41 Å². The summed E-state index contributed by atoms with van der Waals surface area (Å²) in [4.78, 5) is 15.7. The Labute approximate surface area is 112 Å². The van der Waals surface area contributed by atoms with Gasteiger partial charge in [0.15, 0.2) is 6.61 Å². The van der Waals surface area contributed by atoms with Gasteiger partial charge in [-0.3, -0.25) is 15.2 Å². The molecule has 1 amide bonds. The van der Waals surface area contributed by atoms with Gasteiger partial charge in [-0.2, -0.15) is 0 Å². The van der Waals surface area contributed by atoms with Crippen molar-refractivity contribution in [2.24, 2.45) is 0 Å². The topological polar surface area (TPSA) is 75.1 Å². The molecule has 1 aromatic rings. The summed E-state index contributed by atoms with van der Waals surface area (Å²) >= 11 is 0. The molecular formula is C14H19N3O2. The SMILES string of the molecule is N=C(OCC(=O)NC1CCCCC1)c1ccccn1. The predicted octanol–water partition coefficient (Wildman–Crippen LogP) is 1.87. The Balaban J connectivity index is 1.72. The van der Waals surface area contributed by atoms with Crippen molar-refractivity contribution >= 4 is 11.8 Å². The van der Waals surface area contributed by atoms with Gasteiger partial charge < -0.3 is 10.1 Å². The highest BCUT2D eigenvalue weighted by molar-refractivity contribution is 5.91. The van der Waals surface area contributed by atoms with Crippen molar-refractivity contribution in [3.05, 3.63) is 30.1 Å². The van der Waals surface area contributed by atoms with Gasteiger partial charge in [-0.25, -0.2) is 0 Å². The van der Waals surface area contributed by atoms with Gasteiger partial charge in [0.25, 0.3) is 5.91 Å². The van der Waals surface area contributed by atoms with Crippen LogP contribution >= 0.6 is 0 Å². The first-order chi connectivity index (χ1) is 9.25. The molecule has 1 aromatic heterocycles. The number of aromatic nitrogens is 1. The van der Waals surface area contributed by atoms with Crippen molar-refractivity contribution in [2.75, 3.05) is 6.61 Å². The predicted molar refractivity (Wildman–Crippen MR) is 72.0 cm³/mol. The average Bonchev–Trinajstić information content (AvgIpc) is 2.47. The van der Waals surface area contributed by atoms with Crippen molar-refractivity contribution < 1.29 is 9.53 Å². The highest BCUT2D eigenvalue weighted by Gasteiger charge is 2.16. The normalized spacial score (nSPS) is 15.8. The first-order valence-corrected chi connectivity index (χ1v) is 6.68. The number of amides is 1. The molecule has 1 aliphatic rings. The summed E-state index contributed by atoms with van der Waals surface area (Å²) < 4.78 is 5.14. The van der Waals surface area contributed by atoms with Crippen LogP contribution in [0.2, 0.25) is 0 Å². The van der Waals surface area contributed by atoms with E-state index in [1.54, 1.807) is 24.4 Å². The molecule has 5 nitrogen and oxygen atoms in total. The molecule has 19 heavy (non-hydrogen) atoms. The Kier molecular flexibility index (Phi) is 4.89. The third-order valence-electron chi connectivity index (χ3n) is 3.22. The number of ether oxygens (including phenoxy) is 1. The van der Waals surface area contributed by atoms with E-state index < -0.39 is 0 Å². The van der Waals surface area contributed by atoms with Crippen LogP contribution in [0.4, 0.5) is 0 Å². The fourth-order valence-corrected chi connectivity index (χ4v) is 2.22. The molecule has 5 heteroatoms. The van der Waals surface area contributed by atoms with Crippen LogP contribution in [-0.4, -0.2) is 29.4 Å². The number of nitrogens with one attached hydrogen (secondary N) is 2. The van der Waals surface area contributed by atoms with Crippen LogP contribution in [0.3, 0.4) is 0 Å². The molecule has 0 aliphatic heterocycles. The van der Waals surface area contributed by atoms with Crippen molar-refractivity contribution in [1.82, 2.24) is 10.3 Å². The maximum absolute atomic E-state index is 11.7. The van der Waals surface area contributed by atoms with Crippen LogP contribution < -0.4 is 5.32 Å². The second-order valence-corrected chi connectivity index (χ2v) is 4.74. The van der Waals surface area contributed by atoms with Crippen LogP contribution in [-0.2, 0) is 9.53 Å². The number of rotatable bonds is 4. The van der Waals surface area contributed by atoms with Gasteiger partial charge in [0.1, 0.15) is 5.69 Å². The highest BCUT2D eigenvalue weighted by Crippen LogP contribution is 2.17. The van der Waals surface area contributed by atoms with E-state index in [0.717, 1.165) is 12.8 Å². The van der Waals surface area contributed by atoms with Gasteiger partial charge in [0.2, 0.25) is 5.90 Å². The maximum Gasteiger partial charge on any atom is 0.258 e. The molecule has 1 fully saturated rings. The van der Waals surface area contributed by atoms with Gasteiger partial charge in [0, 0.05) is 12.2 Å². The second kappa shape index (κ2) is 6.87. The lowest BCUT2D eigenvalue weighted by atomic mass is 9.95. The molecule has 0 radical (unpaired) electrons. The Morgan fingerprint density at radius 3 is 2.84 bits per heavy atom. The van der Waals surface area contributed by atoms with E-state index in [4.69, 9.17) is 10.1 Å². The largest absolute Gasteiger partial charge is 0.466 e. The van der Waals surface area contributed by atoms with E-state index in [0.29, 0.717) is 5.69 Å². The Morgan fingerprint density at radius 1 is 1.37 bits per heavy atom. The molecule has 1 heterocycles. The third-order valence-corrected chi connectivity index (χ3v) is 3.22. The van der Waals surface area contributed by atoms with E-state index in [1.807, 2.05) is 0 Å². The molecule has 0 spiro atoms. The standard InChI is InChI=1S/C14H19N3O2/c15-14(12-8-4-5-9-16-12)19-10-13(18)17-11-6-2-1-3-7-11/h4-5,8-9,11,15H,1-3,6-7,10H2,(H,17,18). The van der Waals surface area contributed by atoms with Crippen LogP contribution in [0.1, 0.15) is 37.8 Å². The minimum absolute atomic E-state index is 0.0700. The van der Waals surface area contributed by atoms with E-state index in [2.05, 4.69) is 10.3 Å². The molecule has 0 aromatic carbocycles. The lowest BCUT2D eigenvalue weighted by molar-refractivity contribution is -0.124. The molecule has 1 saturated carbocycles. The van der Waals surface area contributed by atoms with Crippen LogP contribution in [0, 0.1) is 5.41 Å². The lowest BCUT2D eigenvalue weighted by Crippen LogP contribution is -2.38. The van der Waals surface area contributed by atoms with Crippen LogP contribution in [0.25, 0.3) is 0 Å². The minimum Gasteiger partial charge on any atom is -0.466 e. The maximum atomic E-state index is 11.7. The molecule has 102 valence electrons. The summed E-state index contributed by atoms with van der Waals surface area (Å²) in [6.45, 7) is -0.119. The van der Waals surface area contributed by atoms with Gasteiger partial charge in [-0.1, -0.05) is 25.3 Å². The summed E-state index contributed by atoms with van der Waals surface area (Å²) in [5, 5.41) is 10.6. The van der Waals surface area contributed by atoms with Crippen LogP contribution in [0.15, 0.2) is 24.4 Å². The Bertz CT molecular complexity index is 428. The third kappa shape index (κ3) is 4.35. The Hall–Kier alpha value is -1.91. The summed E-state index contributed by atoms with van der Waals surface area (Å²) in [7, 11) is 0. The Morgan fingerprint density at radius 2 is 2.16 bits per heavy atom. The average molecular weight is 261 g/mol. The van der Waals surface area contributed by atoms with Crippen molar-refractivity contribution in [3.8, 4) is 0 Å². The zero-order valence-corrected chi connectivity index (χ0v) is 10.9. The molecule has 0 bridgehead atoms. The first kappa shape index (κ1) is 13.5. The number of pyridine rings is 1. The molecule has 0 saturated heterocycles. The molecule has 2 N–H and O–H groups in total. The minimum atomic E-state index is -0.160. The van der Waals surface area contributed by atoms with E-state index in [-0.39, 0.29) is 24.5 Å². The van der Waals surface area contributed by atoms with E-state index in [1.165, 1.54) is 19.3 Å². The number of hydrogen-bond acceptors (Lipinski definition) is 4. The quantitative estimate of drug-likeness (QED) is 0.642. The van der Waals surface area contributed by atoms with Gasteiger partial charge in [-0.05, 0) is 25.0 Å². The monoisotopic (exact) mass is 261 g/mol. The molecule has 0 atom stereocenters. The second-order valence-electron chi connectivity index (χ2n) is 4.74. The van der Waals surface area contributed by atoms with Crippen molar-refractivity contribution in [2.45, 2.75) is 38.1 Å². The fraction of sp³-hybridized carbons (Fsp3) is 0.500. The lowest BCUT2D eigenvalue weighted by Gasteiger charge is -2.22. The number of hydrogen-bond donors (Lipinski definition) is 2. The number of nitrogens with zero attached hydrogens (tertiary/aromatic N) is 1. The summed E-state index contributed by atoms with van der Waals surface area (Å²) in [5.41, 5.74) is 0.438. The van der Waals surface area contributed by atoms with Crippen LogP contribution in [0.5, 0.6) is 0 Å². The van der Waals surface area contributed by atoms with E-state index in [9.17, 15) is 4.79 Å². The fourth-order valence-electron chi connectivity index (χ4n) is 2.22. The molecule has 1 aliphatic carbocycles. The van der Waals surface area contributed by atoms with Gasteiger partial charge in [0.05, 0.1) is 0 Å². The molecule has 2 rings (SSSR count). The number of carbonyl (C=O) groups excluding carboxylic acids is 1. The smallest absolute Gasteiger partial charge is 0.258 e. The van der Waals surface area contributed by atoms with E-state index >= 15 is 0 Å². The summed E-state index contributed by atoms with van der Waals surface area (Å²) in [6, 6.07) is 5.50. The zero-order chi connectivity index (χ0) is 13.5. The van der Waals surface area contributed by atoms with Gasteiger partial charge in [-0.15, -0.1) is 0 Å². The first-order valence-electron chi connectivity index (χ1n) is 6.68.